The van der Waals surface area contributed by atoms with Crippen LogP contribution in [-0.4, -0.2) is 16.6 Å². The van der Waals surface area contributed by atoms with E-state index in [1.54, 1.807) is 0 Å². The van der Waals surface area contributed by atoms with E-state index in [2.05, 4.69) is 48.3 Å². The lowest BCUT2D eigenvalue weighted by molar-refractivity contribution is -0.0884. The van der Waals surface area contributed by atoms with Crippen molar-refractivity contribution >= 4 is 22.6 Å². The van der Waals surface area contributed by atoms with Crippen LogP contribution in [0.5, 0.6) is 0 Å². The zero-order valence-corrected chi connectivity index (χ0v) is 15.5. The summed E-state index contributed by atoms with van der Waals surface area (Å²) < 4.78 is 6.82. The highest BCUT2D eigenvalue weighted by Crippen LogP contribution is 2.41. The van der Waals surface area contributed by atoms with Gasteiger partial charge in [-0.3, -0.25) is 4.79 Å². The van der Waals surface area contributed by atoms with Crippen molar-refractivity contribution in [2.45, 2.75) is 64.9 Å². The highest BCUT2D eigenvalue weighted by atomic mass is 127. The second-order valence-corrected chi connectivity index (χ2v) is 7.48. The average Bonchev–Trinajstić information content (AvgIpc) is 2.41. The molecule has 0 saturated heterocycles. The van der Waals surface area contributed by atoms with Crippen LogP contribution in [0, 0.1) is 9.49 Å². The van der Waals surface area contributed by atoms with E-state index in [1.807, 2.05) is 6.92 Å². The molecule has 1 heterocycles. The number of rotatable bonds is 4. The minimum Gasteiger partial charge on any atom is -0.367 e. The minimum atomic E-state index is -0.417. The maximum Gasteiger partial charge on any atom is 0.264 e. The molecular weight excluding hydrogens is 379 g/mol. The number of nitrogens with one attached hydrogen (secondary N) is 1. The Hall–Kier alpha value is -0.430. The summed E-state index contributed by atoms with van der Waals surface area (Å²) in [6, 6.07) is 0. The smallest absolute Gasteiger partial charge is 0.264 e. The fourth-order valence-corrected chi connectivity index (χ4v) is 4.15. The van der Waals surface area contributed by atoms with Gasteiger partial charge in [0.1, 0.15) is 11.4 Å². The Labute approximate surface area is 140 Å². The van der Waals surface area contributed by atoms with Crippen LogP contribution in [-0.2, 0) is 10.3 Å². The first-order valence-electron chi connectivity index (χ1n) is 7.83. The summed E-state index contributed by atoms with van der Waals surface area (Å²) in [5, 5.41) is 0. The molecule has 2 unspecified atom stereocenters. The average molecular weight is 404 g/mol. The normalized spacial score (nSPS) is 26.3. The van der Waals surface area contributed by atoms with Gasteiger partial charge in [-0.05, 0) is 60.6 Å². The molecule has 0 bridgehead atoms. The predicted molar refractivity (Wildman–Crippen MR) is 92.6 cm³/mol. The predicted octanol–water partition coefficient (Wildman–Crippen LogP) is 3.94. The zero-order chi connectivity index (χ0) is 15.6. The fraction of sp³-hybridized carbons (Fsp3) is 0.750. The molecule has 21 heavy (non-hydrogen) atoms. The van der Waals surface area contributed by atoms with Crippen LogP contribution in [0.3, 0.4) is 0 Å². The van der Waals surface area contributed by atoms with E-state index in [0.29, 0.717) is 16.1 Å². The van der Waals surface area contributed by atoms with Crippen molar-refractivity contribution in [3.8, 4) is 0 Å². The summed E-state index contributed by atoms with van der Waals surface area (Å²) in [5.74, 6) is 1.56. The molecular formula is C16H25IN2O2. The topological polar surface area (TPSA) is 55.0 Å². The molecule has 1 aromatic rings. The number of nitrogens with zero attached hydrogens (tertiary/aromatic N) is 1. The van der Waals surface area contributed by atoms with Crippen molar-refractivity contribution in [1.82, 2.24) is 9.97 Å². The Balaban J connectivity index is 2.53. The van der Waals surface area contributed by atoms with Crippen LogP contribution < -0.4 is 5.56 Å². The minimum absolute atomic E-state index is 0.0402. The van der Waals surface area contributed by atoms with Crippen LogP contribution in [0.15, 0.2) is 4.79 Å². The molecule has 1 aliphatic carbocycles. The van der Waals surface area contributed by atoms with Gasteiger partial charge in [-0.1, -0.05) is 27.2 Å². The van der Waals surface area contributed by atoms with E-state index in [9.17, 15) is 4.79 Å². The molecule has 1 aromatic heterocycles. The van der Waals surface area contributed by atoms with Crippen LogP contribution in [0.25, 0.3) is 0 Å². The molecule has 0 radical (unpaired) electrons. The SMILES string of the molecule is CCOC1(c2nc(C(C)C)c(I)c(=O)[nH]2)CCCC(C)C1. The summed E-state index contributed by atoms with van der Waals surface area (Å²) in [4.78, 5) is 20.1. The summed E-state index contributed by atoms with van der Waals surface area (Å²) in [6.45, 7) is 9.05. The van der Waals surface area contributed by atoms with Crippen molar-refractivity contribution in [3.63, 3.8) is 0 Å². The first kappa shape index (κ1) is 16.9. The number of hydrogen-bond donors (Lipinski definition) is 1. The number of H-pyrrole nitrogens is 1. The maximum atomic E-state index is 12.3. The van der Waals surface area contributed by atoms with Crippen LogP contribution >= 0.6 is 22.6 Å². The Morgan fingerprint density at radius 1 is 1.52 bits per heavy atom. The number of hydrogen-bond acceptors (Lipinski definition) is 3. The summed E-state index contributed by atoms with van der Waals surface area (Å²) in [5.41, 5.74) is 0.424. The van der Waals surface area contributed by atoms with Gasteiger partial charge in [-0.2, -0.15) is 0 Å². The largest absolute Gasteiger partial charge is 0.367 e. The Morgan fingerprint density at radius 3 is 2.81 bits per heavy atom. The fourth-order valence-electron chi connectivity index (χ4n) is 3.27. The van der Waals surface area contributed by atoms with Gasteiger partial charge in [0, 0.05) is 6.61 Å². The van der Waals surface area contributed by atoms with Crippen molar-refractivity contribution in [2.24, 2.45) is 5.92 Å². The standard InChI is InChI=1S/C16H25IN2O2/c1-5-21-16(8-6-7-11(4)9-16)15-18-13(10(2)3)12(17)14(20)19-15/h10-11H,5-9H2,1-4H3,(H,18,19,20). The molecule has 2 atom stereocenters. The number of halogens is 1. The van der Waals surface area contributed by atoms with Gasteiger partial charge >= 0.3 is 0 Å². The van der Waals surface area contributed by atoms with Crippen molar-refractivity contribution in [2.75, 3.05) is 6.61 Å². The monoisotopic (exact) mass is 404 g/mol. The molecule has 2 rings (SSSR count). The van der Waals surface area contributed by atoms with Crippen molar-refractivity contribution in [3.05, 3.63) is 25.4 Å². The zero-order valence-electron chi connectivity index (χ0n) is 13.3. The Bertz CT molecular complexity index is 552. The van der Waals surface area contributed by atoms with Gasteiger partial charge in [-0.25, -0.2) is 4.98 Å². The van der Waals surface area contributed by atoms with Gasteiger partial charge in [0.05, 0.1) is 9.26 Å². The molecule has 1 aliphatic rings. The number of aromatic nitrogens is 2. The molecule has 1 fully saturated rings. The van der Waals surface area contributed by atoms with Crippen LogP contribution in [0.1, 0.15) is 70.8 Å². The second kappa shape index (κ2) is 6.77. The molecule has 0 spiro atoms. The molecule has 1 saturated carbocycles. The molecule has 0 amide bonds. The Morgan fingerprint density at radius 2 is 2.24 bits per heavy atom. The molecule has 4 nitrogen and oxygen atoms in total. The van der Waals surface area contributed by atoms with E-state index in [0.717, 1.165) is 30.8 Å². The van der Waals surface area contributed by atoms with E-state index in [4.69, 9.17) is 9.72 Å². The van der Waals surface area contributed by atoms with Crippen LogP contribution in [0.4, 0.5) is 0 Å². The molecule has 1 N–H and O–H groups in total. The molecule has 0 aromatic carbocycles. The quantitative estimate of drug-likeness (QED) is 0.774. The maximum absolute atomic E-state index is 12.3. The highest BCUT2D eigenvalue weighted by Gasteiger charge is 2.40. The third-order valence-electron chi connectivity index (χ3n) is 4.24. The lowest BCUT2D eigenvalue weighted by Crippen LogP contribution is -2.39. The van der Waals surface area contributed by atoms with Gasteiger partial charge in [0.2, 0.25) is 0 Å². The van der Waals surface area contributed by atoms with E-state index in [-0.39, 0.29) is 11.5 Å². The van der Waals surface area contributed by atoms with Gasteiger partial charge in [0.25, 0.3) is 5.56 Å². The third-order valence-corrected chi connectivity index (χ3v) is 5.29. The van der Waals surface area contributed by atoms with Crippen molar-refractivity contribution < 1.29 is 4.74 Å². The summed E-state index contributed by atoms with van der Waals surface area (Å²) >= 11 is 2.09. The Kier molecular flexibility index (Phi) is 5.46. The highest BCUT2D eigenvalue weighted by molar-refractivity contribution is 14.1. The van der Waals surface area contributed by atoms with E-state index in [1.165, 1.54) is 6.42 Å². The lowest BCUT2D eigenvalue weighted by atomic mass is 9.78. The molecule has 118 valence electrons. The van der Waals surface area contributed by atoms with Crippen molar-refractivity contribution in [1.29, 1.82) is 0 Å². The first-order valence-corrected chi connectivity index (χ1v) is 8.91. The number of ether oxygens (including phenoxy) is 1. The summed E-state index contributed by atoms with van der Waals surface area (Å²) in [6.07, 6.45) is 4.21. The van der Waals surface area contributed by atoms with Gasteiger partial charge < -0.3 is 9.72 Å². The molecule has 5 heteroatoms. The summed E-state index contributed by atoms with van der Waals surface area (Å²) in [7, 11) is 0. The van der Waals surface area contributed by atoms with Gasteiger partial charge in [0.15, 0.2) is 0 Å². The van der Waals surface area contributed by atoms with Gasteiger partial charge in [-0.15, -0.1) is 0 Å². The first-order chi connectivity index (χ1) is 9.89. The van der Waals surface area contributed by atoms with E-state index < -0.39 is 5.60 Å². The van der Waals surface area contributed by atoms with E-state index >= 15 is 0 Å². The lowest BCUT2D eigenvalue weighted by Gasteiger charge is -2.39. The van der Waals surface area contributed by atoms with Crippen LogP contribution in [0.2, 0.25) is 0 Å². The number of aromatic amines is 1. The second-order valence-electron chi connectivity index (χ2n) is 6.40. The molecule has 0 aliphatic heterocycles. The third kappa shape index (κ3) is 3.50.